The van der Waals surface area contributed by atoms with Crippen molar-refractivity contribution in [3.63, 3.8) is 0 Å². The molecule has 2 bridgehead atoms. The summed E-state index contributed by atoms with van der Waals surface area (Å²) in [5, 5.41) is 9.57. The molecule has 3 rings (SSSR count). The molecule has 2 saturated carbocycles. The van der Waals surface area contributed by atoms with Crippen molar-refractivity contribution in [1.82, 2.24) is 0 Å². The van der Waals surface area contributed by atoms with Crippen molar-refractivity contribution in [2.75, 3.05) is 5.73 Å². The molecule has 0 heterocycles. The molecule has 2 aliphatic rings. The van der Waals surface area contributed by atoms with Gasteiger partial charge in [-0.3, -0.25) is 0 Å². The van der Waals surface area contributed by atoms with E-state index >= 15 is 0 Å². The zero-order valence-corrected chi connectivity index (χ0v) is 13.9. The highest BCUT2D eigenvalue weighted by molar-refractivity contribution is 6.35. The molecule has 22 heavy (non-hydrogen) atoms. The lowest BCUT2D eigenvalue weighted by atomic mass is 9.70. The fraction of sp³-hybridized carbons (Fsp3) is 0.588. The maximum Gasteiger partial charge on any atom is 0.339 e. The fourth-order valence-corrected chi connectivity index (χ4v) is 4.51. The lowest BCUT2D eigenvalue weighted by molar-refractivity contribution is 0.0289. The molecule has 5 heteroatoms. The van der Waals surface area contributed by atoms with E-state index in [-0.39, 0.29) is 33.3 Å². The van der Waals surface area contributed by atoms with Crippen LogP contribution in [0.4, 0.5) is 5.69 Å². The minimum absolute atomic E-state index is 0.0290. The van der Waals surface area contributed by atoms with E-state index in [0.29, 0.717) is 11.6 Å². The molecular formula is C17H22ClNO3. The number of anilines is 1. The van der Waals surface area contributed by atoms with Gasteiger partial charge in [-0.2, -0.15) is 0 Å². The average Bonchev–Trinajstić information content (AvgIpc) is 2.76. The summed E-state index contributed by atoms with van der Waals surface area (Å²) in [5.74, 6) is -0.233. The number of ether oxygens (including phenoxy) is 1. The Morgan fingerprint density at radius 2 is 2.09 bits per heavy atom. The van der Waals surface area contributed by atoms with Gasteiger partial charge < -0.3 is 15.6 Å². The summed E-state index contributed by atoms with van der Waals surface area (Å²) in [6.45, 7) is 6.81. The summed E-state index contributed by atoms with van der Waals surface area (Å²) in [5.41, 5.74) is 6.45. The first kappa shape index (κ1) is 15.5. The van der Waals surface area contributed by atoms with Crippen molar-refractivity contribution in [1.29, 1.82) is 0 Å². The molecule has 0 amide bonds. The minimum atomic E-state index is -1.05. The molecule has 1 aromatic rings. The second-order valence-corrected chi connectivity index (χ2v) is 7.75. The van der Waals surface area contributed by atoms with E-state index in [1.165, 1.54) is 18.6 Å². The molecule has 120 valence electrons. The van der Waals surface area contributed by atoms with Crippen LogP contribution < -0.4 is 10.5 Å². The molecule has 1 aromatic carbocycles. The van der Waals surface area contributed by atoms with Gasteiger partial charge in [0.05, 0.1) is 5.69 Å². The number of nitrogens with two attached hydrogens (primary N) is 1. The van der Waals surface area contributed by atoms with Gasteiger partial charge in [-0.05, 0) is 42.7 Å². The van der Waals surface area contributed by atoms with Gasteiger partial charge in [-0.25, -0.2) is 4.79 Å². The molecule has 2 fully saturated rings. The molecule has 3 unspecified atom stereocenters. The number of benzene rings is 1. The van der Waals surface area contributed by atoms with Gasteiger partial charge in [-0.15, -0.1) is 0 Å². The Balaban J connectivity index is 1.99. The van der Waals surface area contributed by atoms with Crippen LogP contribution >= 0.6 is 11.6 Å². The predicted molar refractivity (Wildman–Crippen MR) is 86.5 cm³/mol. The van der Waals surface area contributed by atoms with Crippen LogP contribution in [0.5, 0.6) is 5.75 Å². The summed E-state index contributed by atoms with van der Waals surface area (Å²) in [7, 11) is 0. The van der Waals surface area contributed by atoms with Gasteiger partial charge in [0.2, 0.25) is 0 Å². The fourth-order valence-electron chi connectivity index (χ4n) is 4.31. The molecule has 3 atom stereocenters. The van der Waals surface area contributed by atoms with Crippen LogP contribution in [0.3, 0.4) is 0 Å². The van der Waals surface area contributed by atoms with Crippen molar-refractivity contribution in [3.05, 3.63) is 22.7 Å². The van der Waals surface area contributed by atoms with Crippen molar-refractivity contribution >= 4 is 23.3 Å². The topological polar surface area (TPSA) is 72.5 Å². The normalized spacial score (nSPS) is 32.2. The van der Waals surface area contributed by atoms with Crippen LogP contribution in [0, 0.1) is 16.7 Å². The van der Waals surface area contributed by atoms with E-state index < -0.39 is 5.97 Å². The number of aromatic carboxylic acids is 1. The SMILES string of the molecule is CC1(C)C2CCC1(C)C(Oc1c(C(=O)O)ccc(N)c1Cl)C2. The van der Waals surface area contributed by atoms with E-state index in [4.69, 9.17) is 22.1 Å². The quantitative estimate of drug-likeness (QED) is 0.817. The third kappa shape index (κ3) is 1.93. The summed E-state index contributed by atoms with van der Waals surface area (Å²) in [6.07, 6.45) is 3.21. The molecule has 2 aliphatic carbocycles. The maximum absolute atomic E-state index is 11.4. The molecule has 4 nitrogen and oxygen atoms in total. The predicted octanol–water partition coefficient (Wildman–Crippen LogP) is 4.21. The van der Waals surface area contributed by atoms with Crippen LogP contribution in [0.2, 0.25) is 5.02 Å². The van der Waals surface area contributed by atoms with E-state index in [9.17, 15) is 9.90 Å². The number of fused-ring (bicyclic) bond motifs is 2. The third-order valence-corrected chi connectivity index (χ3v) is 6.72. The largest absolute Gasteiger partial charge is 0.487 e. The number of nitrogen functional groups attached to an aromatic ring is 1. The number of carboxylic acids is 1. The summed E-state index contributed by atoms with van der Waals surface area (Å²) >= 11 is 6.23. The Morgan fingerprint density at radius 1 is 1.41 bits per heavy atom. The van der Waals surface area contributed by atoms with Gasteiger partial charge in [-0.1, -0.05) is 32.4 Å². The second-order valence-electron chi connectivity index (χ2n) is 7.37. The lowest BCUT2D eigenvalue weighted by Gasteiger charge is -2.39. The molecule has 0 saturated heterocycles. The van der Waals surface area contributed by atoms with Crippen molar-refractivity contribution < 1.29 is 14.6 Å². The van der Waals surface area contributed by atoms with Gasteiger partial charge in [0.25, 0.3) is 0 Å². The Labute approximate surface area is 135 Å². The van der Waals surface area contributed by atoms with Crippen molar-refractivity contribution in [2.45, 2.75) is 46.1 Å². The summed E-state index contributed by atoms with van der Waals surface area (Å²) in [4.78, 5) is 11.4. The van der Waals surface area contributed by atoms with Gasteiger partial charge >= 0.3 is 5.97 Å². The number of carboxylic acid groups (broad SMARTS) is 1. The second kappa shape index (κ2) is 4.79. The molecule has 0 aromatic heterocycles. The standard InChI is InChI=1S/C17H22ClNO3/c1-16(2)9-6-7-17(16,3)12(8-9)22-14-10(15(20)21)4-5-11(19)13(14)18/h4-5,9,12H,6-8,19H2,1-3H3,(H,20,21). The monoisotopic (exact) mass is 323 g/mol. The van der Waals surface area contributed by atoms with Crippen molar-refractivity contribution in [2.24, 2.45) is 16.7 Å². The van der Waals surface area contributed by atoms with E-state index in [1.807, 2.05) is 0 Å². The van der Waals surface area contributed by atoms with Crippen molar-refractivity contribution in [3.8, 4) is 5.75 Å². The maximum atomic E-state index is 11.4. The van der Waals surface area contributed by atoms with Gasteiger partial charge in [0.1, 0.15) is 16.7 Å². The highest BCUT2D eigenvalue weighted by Crippen LogP contribution is 2.66. The van der Waals surface area contributed by atoms with Crippen LogP contribution in [0.15, 0.2) is 12.1 Å². The number of hydrogen-bond acceptors (Lipinski definition) is 3. The summed E-state index contributed by atoms with van der Waals surface area (Å²) in [6, 6.07) is 2.96. The zero-order chi connectivity index (χ0) is 16.3. The molecular weight excluding hydrogens is 302 g/mol. The first-order chi connectivity index (χ1) is 10.2. The minimum Gasteiger partial charge on any atom is -0.487 e. The van der Waals surface area contributed by atoms with E-state index in [0.717, 1.165) is 12.8 Å². The first-order valence-corrected chi connectivity index (χ1v) is 8.04. The number of hydrogen-bond donors (Lipinski definition) is 2. The van der Waals surface area contributed by atoms with Crippen LogP contribution in [-0.2, 0) is 0 Å². The zero-order valence-electron chi connectivity index (χ0n) is 13.1. The Morgan fingerprint density at radius 3 is 2.59 bits per heavy atom. The highest BCUT2D eigenvalue weighted by atomic mass is 35.5. The number of rotatable bonds is 3. The Hall–Kier alpha value is -1.42. The molecule has 0 radical (unpaired) electrons. The Kier molecular flexibility index (Phi) is 3.37. The van der Waals surface area contributed by atoms with Gasteiger partial charge in [0.15, 0.2) is 5.75 Å². The third-order valence-electron chi connectivity index (χ3n) is 6.33. The molecule has 0 spiro atoms. The summed E-state index contributed by atoms with van der Waals surface area (Å²) < 4.78 is 6.16. The molecule has 0 aliphatic heterocycles. The lowest BCUT2D eigenvalue weighted by Crippen LogP contribution is -2.39. The number of halogens is 1. The molecule has 3 N–H and O–H groups in total. The van der Waals surface area contributed by atoms with Crippen LogP contribution in [-0.4, -0.2) is 17.2 Å². The first-order valence-electron chi connectivity index (χ1n) is 7.66. The smallest absolute Gasteiger partial charge is 0.339 e. The average molecular weight is 324 g/mol. The highest BCUT2D eigenvalue weighted by Gasteiger charge is 2.62. The van der Waals surface area contributed by atoms with E-state index in [2.05, 4.69) is 20.8 Å². The van der Waals surface area contributed by atoms with Crippen LogP contribution in [0.1, 0.15) is 50.4 Å². The van der Waals surface area contributed by atoms with E-state index in [1.54, 1.807) is 0 Å². The number of carbonyl (C=O) groups is 1. The van der Waals surface area contributed by atoms with Gasteiger partial charge in [0, 0.05) is 5.41 Å². The van der Waals surface area contributed by atoms with Crippen LogP contribution in [0.25, 0.3) is 0 Å². The Bertz CT molecular complexity index is 643.